The third-order valence-electron chi connectivity index (χ3n) is 6.86. The molecule has 11 nitrogen and oxygen atoms in total. The molecule has 0 spiro atoms. The highest BCUT2D eigenvalue weighted by atomic mass is 32.2. The second kappa shape index (κ2) is 12.7. The standard InChI is InChI=1S/C29H25F3N4O7S2/c30-29(31,32)43-22-7-5-21(6-8-22)36-27(20-2-1-3-23(16-20)45(38,39)35-10-12-40-13-11-35)33-34-28(36)44-18-24(37)19-4-9-25-26(17-19)42-15-14-41-25/h1-9,16-17H,10-15,18H2. The Labute approximate surface area is 259 Å². The summed E-state index contributed by atoms with van der Waals surface area (Å²) in [6.07, 6.45) is -4.87. The molecule has 1 aromatic heterocycles. The molecule has 0 amide bonds. The summed E-state index contributed by atoms with van der Waals surface area (Å²) in [7, 11) is -3.84. The van der Waals surface area contributed by atoms with Crippen LogP contribution in [-0.4, -0.2) is 84.9 Å². The summed E-state index contributed by atoms with van der Waals surface area (Å²) >= 11 is 1.06. The molecule has 1 saturated heterocycles. The van der Waals surface area contributed by atoms with Gasteiger partial charge in [-0.25, -0.2) is 8.42 Å². The highest BCUT2D eigenvalue weighted by molar-refractivity contribution is 7.99. The van der Waals surface area contributed by atoms with E-state index in [0.29, 0.717) is 41.5 Å². The normalized spacial score (nSPS) is 15.5. The number of morpholine rings is 1. The Bertz CT molecular complexity index is 1810. The summed E-state index contributed by atoms with van der Waals surface area (Å²) in [6.45, 7) is 1.78. The molecule has 2 aliphatic rings. The van der Waals surface area contributed by atoms with Crippen molar-refractivity contribution in [3.05, 3.63) is 72.3 Å². The van der Waals surface area contributed by atoms with Gasteiger partial charge in [-0.05, 0) is 54.6 Å². The van der Waals surface area contributed by atoms with Crippen LogP contribution >= 0.6 is 11.8 Å². The van der Waals surface area contributed by atoms with Crippen LogP contribution in [0.5, 0.6) is 17.2 Å². The molecular weight excluding hydrogens is 637 g/mol. The van der Waals surface area contributed by atoms with E-state index in [-0.39, 0.29) is 53.7 Å². The van der Waals surface area contributed by atoms with Crippen molar-refractivity contribution in [2.75, 3.05) is 45.3 Å². The molecule has 3 heterocycles. The van der Waals surface area contributed by atoms with Crippen LogP contribution in [0.1, 0.15) is 10.4 Å². The number of rotatable bonds is 9. The molecule has 6 rings (SSSR count). The van der Waals surface area contributed by atoms with E-state index in [1.54, 1.807) is 34.9 Å². The quantitative estimate of drug-likeness (QED) is 0.186. The van der Waals surface area contributed by atoms with Crippen LogP contribution in [-0.2, 0) is 14.8 Å². The lowest BCUT2D eigenvalue weighted by molar-refractivity contribution is -0.274. The molecule has 3 aromatic carbocycles. The topological polar surface area (TPSA) is 122 Å². The number of fused-ring (bicyclic) bond motifs is 1. The minimum absolute atomic E-state index is 0.0355. The van der Waals surface area contributed by atoms with Gasteiger partial charge in [0.25, 0.3) is 0 Å². The fourth-order valence-corrected chi connectivity index (χ4v) is 7.04. The van der Waals surface area contributed by atoms with Crippen molar-refractivity contribution < 1.29 is 45.3 Å². The van der Waals surface area contributed by atoms with Gasteiger partial charge in [0.15, 0.2) is 28.3 Å². The first kappa shape index (κ1) is 30.9. The van der Waals surface area contributed by atoms with Crippen LogP contribution in [0.3, 0.4) is 0 Å². The van der Waals surface area contributed by atoms with E-state index < -0.39 is 22.1 Å². The van der Waals surface area contributed by atoms with E-state index in [4.69, 9.17) is 14.2 Å². The number of ketones is 1. The van der Waals surface area contributed by atoms with Gasteiger partial charge in [-0.15, -0.1) is 23.4 Å². The number of halogens is 3. The number of hydrogen-bond donors (Lipinski definition) is 0. The van der Waals surface area contributed by atoms with Gasteiger partial charge >= 0.3 is 6.36 Å². The van der Waals surface area contributed by atoms with Crippen LogP contribution in [0.25, 0.3) is 17.1 Å². The molecule has 2 aliphatic heterocycles. The lowest BCUT2D eigenvalue weighted by Gasteiger charge is -2.26. The van der Waals surface area contributed by atoms with E-state index in [1.165, 1.54) is 28.6 Å². The fourth-order valence-electron chi connectivity index (χ4n) is 4.74. The predicted molar refractivity (Wildman–Crippen MR) is 156 cm³/mol. The first-order valence-corrected chi connectivity index (χ1v) is 16.1. The Morgan fingerprint density at radius 1 is 0.911 bits per heavy atom. The lowest BCUT2D eigenvalue weighted by Crippen LogP contribution is -2.40. The fraction of sp³-hybridized carbons (Fsp3) is 0.276. The van der Waals surface area contributed by atoms with E-state index in [0.717, 1.165) is 23.9 Å². The van der Waals surface area contributed by atoms with Gasteiger partial charge in [-0.3, -0.25) is 9.36 Å². The summed E-state index contributed by atoms with van der Waals surface area (Å²) < 4.78 is 88.3. The second-order valence-corrected chi connectivity index (χ2v) is 12.7. The summed E-state index contributed by atoms with van der Waals surface area (Å²) in [5.41, 5.74) is 1.14. The van der Waals surface area contributed by atoms with Gasteiger partial charge in [0, 0.05) is 29.9 Å². The molecule has 4 aromatic rings. The maximum absolute atomic E-state index is 13.3. The van der Waals surface area contributed by atoms with Crippen LogP contribution in [0.2, 0.25) is 0 Å². The second-order valence-electron chi connectivity index (χ2n) is 9.80. The molecule has 1 fully saturated rings. The zero-order valence-corrected chi connectivity index (χ0v) is 25.0. The van der Waals surface area contributed by atoms with Gasteiger partial charge in [0.1, 0.15) is 19.0 Å². The number of benzene rings is 3. The molecule has 236 valence electrons. The van der Waals surface area contributed by atoms with Crippen LogP contribution in [0.15, 0.2) is 76.8 Å². The monoisotopic (exact) mass is 662 g/mol. The van der Waals surface area contributed by atoms with Crippen molar-refractivity contribution in [2.45, 2.75) is 16.4 Å². The maximum Gasteiger partial charge on any atom is 0.573 e. The molecule has 0 saturated carbocycles. The van der Waals surface area contributed by atoms with E-state index in [1.807, 2.05) is 0 Å². The Morgan fingerprint density at radius 3 is 2.38 bits per heavy atom. The number of sulfonamides is 1. The van der Waals surface area contributed by atoms with Gasteiger partial charge in [0.2, 0.25) is 10.0 Å². The van der Waals surface area contributed by atoms with Crippen molar-refractivity contribution in [3.8, 4) is 34.3 Å². The van der Waals surface area contributed by atoms with E-state index in [2.05, 4.69) is 14.9 Å². The van der Waals surface area contributed by atoms with Crippen LogP contribution in [0.4, 0.5) is 13.2 Å². The summed E-state index contributed by atoms with van der Waals surface area (Å²) in [6, 6.07) is 16.1. The zero-order valence-electron chi connectivity index (χ0n) is 23.4. The number of Topliss-reactive ketones (excluding diaryl/α,β-unsaturated/α-hetero) is 1. The smallest absolute Gasteiger partial charge is 0.486 e. The summed E-state index contributed by atoms with van der Waals surface area (Å²) in [5, 5.41) is 8.80. The first-order valence-electron chi connectivity index (χ1n) is 13.6. The number of nitrogens with zero attached hydrogens (tertiary/aromatic N) is 4. The lowest BCUT2D eigenvalue weighted by atomic mass is 10.1. The minimum Gasteiger partial charge on any atom is -0.486 e. The molecule has 16 heteroatoms. The average molecular weight is 663 g/mol. The Kier molecular flexibility index (Phi) is 8.72. The summed E-state index contributed by atoms with van der Waals surface area (Å²) in [4.78, 5) is 13.2. The number of ether oxygens (including phenoxy) is 4. The van der Waals surface area contributed by atoms with Gasteiger partial charge in [-0.1, -0.05) is 23.9 Å². The first-order chi connectivity index (χ1) is 21.6. The van der Waals surface area contributed by atoms with Crippen molar-refractivity contribution in [1.29, 1.82) is 0 Å². The average Bonchev–Trinajstić information content (AvgIpc) is 3.47. The van der Waals surface area contributed by atoms with Gasteiger partial charge in [-0.2, -0.15) is 4.31 Å². The van der Waals surface area contributed by atoms with E-state index in [9.17, 15) is 26.4 Å². The van der Waals surface area contributed by atoms with Crippen molar-refractivity contribution >= 4 is 27.6 Å². The molecule has 0 radical (unpaired) electrons. The minimum atomic E-state index is -4.87. The Hall–Kier alpha value is -4.12. The van der Waals surface area contributed by atoms with Crippen molar-refractivity contribution in [1.82, 2.24) is 19.1 Å². The number of aromatic nitrogens is 3. The molecule has 0 N–H and O–H groups in total. The third-order valence-corrected chi connectivity index (χ3v) is 9.68. The highest BCUT2D eigenvalue weighted by Gasteiger charge is 2.31. The third kappa shape index (κ3) is 6.93. The van der Waals surface area contributed by atoms with Crippen molar-refractivity contribution in [3.63, 3.8) is 0 Å². The van der Waals surface area contributed by atoms with Gasteiger partial charge in [0.05, 0.1) is 23.9 Å². The molecule has 45 heavy (non-hydrogen) atoms. The van der Waals surface area contributed by atoms with E-state index >= 15 is 0 Å². The predicted octanol–water partition coefficient (Wildman–Crippen LogP) is 4.60. The SMILES string of the molecule is O=C(CSc1nnc(-c2cccc(S(=O)(=O)N3CCOCC3)c2)n1-c1ccc(OC(F)(F)F)cc1)c1ccc2c(c1)OCCO2. The number of carbonyl (C=O) groups excluding carboxylic acids is 1. The molecule has 0 bridgehead atoms. The molecule has 0 aliphatic carbocycles. The maximum atomic E-state index is 13.3. The largest absolute Gasteiger partial charge is 0.573 e. The Balaban J connectivity index is 1.33. The number of carbonyl (C=O) groups is 1. The van der Waals surface area contributed by atoms with Crippen LogP contribution in [0, 0.1) is 0 Å². The Morgan fingerprint density at radius 2 is 1.64 bits per heavy atom. The van der Waals surface area contributed by atoms with Crippen LogP contribution < -0.4 is 14.2 Å². The number of hydrogen-bond acceptors (Lipinski definition) is 10. The highest BCUT2D eigenvalue weighted by Crippen LogP contribution is 2.34. The summed E-state index contributed by atoms with van der Waals surface area (Å²) in [5.74, 6) is 0.510. The molecule has 0 unspecified atom stereocenters. The van der Waals surface area contributed by atoms with Crippen molar-refractivity contribution in [2.24, 2.45) is 0 Å². The molecule has 0 atom stereocenters. The zero-order chi connectivity index (χ0) is 31.6. The molecular formula is C29H25F3N4O7S2. The van der Waals surface area contributed by atoms with Gasteiger partial charge < -0.3 is 18.9 Å². The number of alkyl halides is 3. The number of thioether (sulfide) groups is 1.